The van der Waals surface area contributed by atoms with E-state index in [9.17, 15) is 19.7 Å². The Labute approximate surface area is 221 Å². The summed E-state index contributed by atoms with van der Waals surface area (Å²) in [5.41, 5.74) is 5.53. The predicted octanol–water partition coefficient (Wildman–Crippen LogP) is 6.56. The molecule has 0 aliphatic heterocycles. The normalized spacial score (nSPS) is 15.9. The Morgan fingerprint density at radius 3 is 2.24 bits per heavy atom. The second kappa shape index (κ2) is 11.0. The van der Waals surface area contributed by atoms with Gasteiger partial charge in [-0.2, -0.15) is 0 Å². The summed E-state index contributed by atoms with van der Waals surface area (Å²) in [5.74, 6) is -0.943. The molecular formula is C30H30N2O6. The summed E-state index contributed by atoms with van der Waals surface area (Å²) in [6.07, 6.45) is 1.82. The summed E-state index contributed by atoms with van der Waals surface area (Å²) in [5, 5.41) is 15.7. The number of nitro benzene ring substituents is 1. The van der Waals surface area contributed by atoms with Crippen molar-refractivity contribution < 1.29 is 24.1 Å². The van der Waals surface area contributed by atoms with Crippen LogP contribution in [0.3, 0.4) is 0 Å². The van der Waals surface area contributed by atoms with Crippen LogP contribution in [0, 0.1) is 10.1 Å². The first-order valence-electron chi connectivity index (χ1n) is 12.7. The van der Waals surface area contributed by atoms with Crippen LogP contribution in [-0.2, 0) is 19.8 Å². The number of ether oxygens (including phenoxy) is 1. The molecule has 0 spiro atoms. The number of hydrogen-bond acceptors (Lipinski definition) is 7. The first-order valence-corrected chi connectivity index (χ1v) is 12.7. The van der Waals surface area contributed by atoms with E-state index in [4.69, 9.17) is 9.57 Å². The molecule has 196 valence electrons. The zero-order chi connectivity index (χ0) is 27.4. The number of carbonyl (C=O) groups excluding carboxylic acids is 2. The summed E-state index contributed by atoms with van der Waals surface area (Å²) in [6.45, 7) is 7.86. The van der Waals surface area contributed by atoms with Gasteiger partial charge in [0.25, 0.3) is 5.69 Å². The molecule has 0 amide bonds. The molecule has 3 aromatic carbocycles. The summed E-state index contributed by atoms with van der Waals surface area (Å²) in [7, 11) is 0. The molecule has 3 aromatic rings. The Kier molecular flexibility index (Phi) is 7.71. The summed E-state index contributed by atoms with van der Waals surface area (Å²) in [6, 6.07) is 17.7. The van der Waals surface area contributed by atoms with Crippen LogP contribution >= 0.6 is 0 Å². The van der Waals surface area contributed by atoms with Crippen LogP contribution in [-0.4, -0.2) is 29.2 Å². The second-order valence-corrected chi connectivity index (χ2v) is 9.39. The molecule has 8 nitrogen and oxygen atoms in total. The first kappa shape index (κ1) is 26.7. The maximum atomic E-state index is 12.4. The average molecular weight is 515 g/mol. The van der Waals surface area contributed by atoms with Gasteiger partial charge in [-0.25, -0.2) is 9.59 Å². The molecule has 0 aromatic heterocycles. The third kappa shape index (κ3) is 4.94. The van der Waals surface area contributed by atoms with E-state index in [0.29, 0.717) is 22.4 Å². The lowest BCUT2D eigenvalue weighted by molar-refractivity contribution is -0.384. The van der Waals surface area contributed by atoms with Gasteiger partial charge in [0, 0.05) is 35.1 Å². The van der Waals surface area contributed by atoms with E-state index in [1.807, 2.05) is 24.3 Å². The maximum absolute atomic E-state index is 12.4. The van der Waals surface area contributed by atoms with E-state index in [2.05, 4.69) is 19.0 Å². The molecule has 8 heteroatoms. The van der Waals surface area contributed by atoms with Crippen LogP contribution in [0.15, 0.2) is 65.8 Å². The third-order valence-corrected chi connectivity index (χ3v) is 6.91. The average Bonchev–Trinajstić information content (AvgIpc) is 3.16. The first-order chi connectivity index (χ1) is 18.2. The van der Waals surface area contributed by atoms with Crippen molar-refractivity contribution in [1.82, 2.24) is 0 Å². The monoisotopic (exact) mass is 514 g/mol. The van der Waals surface area contributed by atoms with Crippen LogP contribution in [0.5, 0.6) is 0 Å². The Morgan fingerprint density at radius 1 is 0.921 bits per heavy atom. The molecule has 0 heterocycles. The molecule has 0 radical (unpaired) electrons. The van der Waals surface area contributed by atoms with Crippen LogP contribution in [0.25, 0.3) is 11.1 Å². The fourth-order valence-corrected chi connectivity index (χ4v) is 5.08. The van der Waals surface area contributed by atoms with Gasteiger partial charge in [-0.05, 0) is 59.9 Å². The summed E-state index contributed by atoms with van der Waals surface area (Å²) in [4.78, 5) is 40.7. The van der Waals surface area contributed by atoms with E-state index < -0.39 is 17.4 Å². The number of non-ortho nitro benzene ring substituents is 1. The van der Waals surface area contributed by atoms with Crippen LogP contribution < -0.4 is 0 Å². The van der Waals surface area contributed by atoms with E-state index in [0.717, 1.165) is 35.1 Å². The van der Waals surface area contributed by atoms with Gasteiger partial charge in [-0.1, -0.05) is 56.6 Å². The number of benzene rings is 3. The maximum Gasteiger partial charge on any atom is 0.338 e. The van der Waals surface area contributed by atoms with Crippen LogP contribution in [0.4, 0.5) is 5.69 Å². The number of esters is 1. The van der Waals surface area contributed by atoms with Gasteiger partial charge in [0.05, 0.1) is 17.1 Å². The standard InChI is InChI=1S/C30H30N2O6/c1-5-15-30(4)25-17-20(11-13-23(25)24-14-12-22(32(35)36)18-26(24)30)28(31-38-27(33)6-2)19-9-8-10-21(16-19)29(34)37-7-3/h8-14,16-18H,5-7,15H2,1-4H3/b31-28-. The van der Waals surface area contributed by atoms with Crippen molar-refractivity contribution in [2.24, 2.45) is 5.16 Å². The lowest BCUT2D eigenvalue weighted by Crippen LogP contribution is -2.21. The van der Waals surface area contributed by atoms with Crippen molar-refractivity contribution in [3.63, 3.8) is 0 Å². The quantitative estimate of drug-likeness (QED) is 0.105. The number of fused-ring (bicyclic) bond motifs is 3. The second-order valence-electron chi connectivity index (χ2n) is 9.39. The molecule has 0 bridgehead atoms. The highest BCUT2D eigenvalue weighted by Crippen LogP contribution is 2.52. The highest BCUT2D eigenvalue weighted by molar-refractivity contribution is 6.14. The predicted molar refractivity (Wildman–Crippen MR) is 144 cm³/mol. The molecule has 38 heavy (non-hydrogen) atoms. The Hall–Kier alpha value is -4.33. The smallest absolute Gasteiger partial charge is 0.338 e. The molecule has 0 fully saturated rings. The zero-order valence-corrected chi connectivity index (χ0v) is 21.9. The molecule has 4 rings (SSSR count). The number of rotatable bonds is 9. The van der Waals surface area contributed by atoms with E-state index >= 15 is 0 Å². The van der Waals surface area contributed by atoms with E-state index in [1.165, 1.54) is 6.07 Å². The fraction of sp³-hybridized carbons (Fsp3) is 0.300. The molecule has 0 saturated heterocycles. The zero-order valence-electron chi connectivity index (χ0n) is 21.9. The minimum Gasteiger partial charge on any atom is -0.462 e. The molecule has 1 atom stereocenters. The lowest BCUT2D eigenvalue weighted by atomic mass is 9.76. The third-order valence-electron chi connectivity index (χ3n) is 6.91. The van der Waals surface area contributed by atoms with E-state index in [-0.39, 0.29) is 23.6 Å². The molecule has 0 saturated carbocycles. The highest BCUT2D eigenvalue weighted by atomic mass is 16.7. The van der Waals surface area contributed by atoms with Crippen LogP contribution in [0.2, 0.25) is 0 Å². The van der Waals surface area contributed by atoms with Crippen molar-refractivity contribution in [3.05, 3.63) is 98.6 Å². The largest absolute Gasteiger partial charge is 0.462 e. The Morgan fingerprint density at radius 2 is 1.58 bits per heavy atom. The number of nitro groups is 1. The van der Waals surface area contributed by atoms with Crippen molar-refractivity contribution in [3.8, 4) is 11.1 Å². The van der Waals surface area contributed by atoms with Gasteiger partial charge in [0.2, 0.25) is 0 Å². The fourth-order valence-electron chi connectivity index (χ4n) is 5.08. The Bertz CT molecular complexity index is 1440. The summed E-state index contributed by atoms with van der Waals surface area (Å²) >= 11 is 0. The number of nitrogens with zero attached hydrogens (tertiary/aromatic N) is 2. The minimum absolute atomic E-state index is 0.0589. The molecular weight excluding hydrogens is 484 g/mol. The van der Waals surface area contributed by atoms with Gasteiger partial charge in [-0.15, -0.1) is 0 Å². The van der Waals surface area contributed by atoms with Crippen molar-refractivity contribution in [1.29, 1.82) is 0 Å². The molecule has 0 N–H and O–H groups in total. The molecule has 1 unspecified atom stereocenters. The molecule has 1 aliphatic carbocycles. The van der Waals surface area contributed by atoms with Crippen molar-refractivity contribution in [2.45, 2.75) is 52.4 Å². The van der Waals surface area contributed by atoms with Gasteiger partial charge >= 0.3 is 11.9 Å². The summed E-state index contributed by atoms with van der Waals surface area (Å²) < 4.78 is 5.15. The van der Waals surface area contributed by atoms with E-state index in [1.54, 1.807) is 44.2 Å². The van der Waals surface area contributed by atoms with Gasteiger partial charge in [0.1, 0.15) is 5.71 Å². The van der Waals surface area contributed by atoms with Gasteiger partial charge in [0.15, 0.2) is 0 Å². The minimum atomic E-state index is -0.485. The van der Waals surface area contributed by atoms with Crippen molar-refractivity contribution in [2.75, 3.05) is 6.61 Å². The number of carbonyl (C=O) groups is 2. The van der Waals surface area contributed by atoms with Crippen molar-refractivity contribution >= 4 is 23.3 Å². The number of oxime groups is 1. The van der Waals surface area contributed by atoms with Gasteiger partial charge in [-0.3, -0.25) is 10.1 Å². The SMILES string of the molecule is CCCC1(C)c2cc(/C(=N\OC(=O)CC)c3cccc(C(=O)OCC)c3)ccc2-c2ccc([N+](=O)[O-])cc21. The topological polar surface area (TPSA) is 108 Å². The number of hydrogen-bond donors (Lipinski definition) is 0. The van der Waals surface area contributed by atoms with Gasteiger partial charge < -0.3 is 9.57 Å². The Balaban J connectivity index is 1.87. The molecule has 1 aliphatic rings. The highest BCUT2D eigenvalue weighted by Gasteiger charge is 2.40. The van der Waals surface area contributed by atoms with Crippen LogP contribution in [0.1, 0.15) is 79.6 Å². The lowest BCUT2D eigenvalue weighted by Gasteiger charge is -2.27.